The van der Waals surface area contributed by atoms with E-state index in [-0.39, 0.29) is 17.8 Å². The van der Waals surface area contributed by atoms with Crippen molar-refractivity contribution >= 4 is 11.9 Å². The second kappa shape index (κ2) is 8.87. The van der Waals surface area contributed by atoms with E-state index in [1.54, 1.807) is 7.11 Å². The molecular formula is C19H30N4O3. The van der Waals surface area contributed by atoms with Crippen LogP contribution in [0.2, 0.25) is 0 Å². The Bertz CT molecular complexity index is 675. The standard InChI is InChI=1S/C19H30N4O3/c1-7-20-19(23-10-13(3)15(11-23)18(24)26-6)22-9-16-14(4)17(25-5)12(2)8-21-16/h8,13,15H,7,9-11H2,1-6H3,(H,20,22). The molecule has 2 heterocycles. The average Bonchev–Trinajstić information content (AvgIpc) is 3.01. The van der Waals surface area contributed by atoms with Crippen LogP contribution in [-0.2, 0) is 16.1 Å². The molecule has 0 bridgehead atoms. The minimum Gasteiger partial charge on any atom is -0.496 e. The number of aryl methyl sites for hydroxylation is 1. The van der Waals surface area contributed by atoms with Crippen molar-refractivity contribution in [3.05, 3.63) is 23.0 Å². The SMILES string of the molecule is CCNC(=NCc1ncc(C)c(OC)c1C)N1CC(C)C(C(=O)OC)C1. The Morgan fingerprint density at radius 1 is 1.38 bits per heavy atom. The third kappa shape index (κ3) is 4.26. The molecule has 26 heavy (non-hydrogen) atoms. The van der Waals surface area contributed by atoms with E-state index in [9.17, 15) is 4.79 Å². The predicted octanol–water partition coefficient (Wildman–Crippen LogP) is 1.91. The third-order valence-corrected chi connectivity index (χ3v) is 4.88. The fraction of sp³-hybridized carbons (Fsp3) is 0.632. The lowest BCUT2D eigenvalue weighted by Gasteiger charge is -2.21. The molecular weight excluding hydrogens is 332 g/mol. The van der Waals surface area contributed by atoms with E-state index < -0.39 is 0 Å². The number of esters is 1. The lowest BCUT2D eigenvalue weighted by atomic mass is 9.99. The molecule has 1 fully saturated rings. The number of hydrogen-bond donors (Lipinski definition) is 1. The number of pyridine rings is 1. The lowest BCUT2D eigenvalue weighted by Crippen LogP contribution is -2.40. The van der Waals surface area contributed by atoms with Gasteiger partial charge < -0.3 is 19.7 Å². The zero-order chi connectivity index (χ0) is 19.3. The molecule has 7 heteroatoms. The van der Waals surface area contributed by atoms with Gasteiger partial charge in [0.15, 0.2) is 5.96 Å². The molecule has 1 N–H and O–H groups in total. The summed E-state index contributed by atoms with van der Waals surface area (Å²) in [6, 6.07) is 0. The molecule has 0 saturated carbocycles. The molecule has 2 unspecified atom stereocenters. The van der Waals surface area contributed by atoms with Crippen molar-refractivity contribution < 1.29 is 14.3 Å². The smallest absolute Gasteiger partial charge is 0.310 e. The second-order valence-corrected chi connectivity index (χ2v) is 6.73. The monoisotopic (exact) mass is 362 g/mol. The van der Waals surface area contributed by atoms with E-state index in [1.807, 2.05) is 27.0 Å². The van der Waals surface area contributed by atoms with Crippen LogP contribution in [0.15, 0.2) is 11.2 Å². The summed E-state index contributed by atoms with van der Waals surface area (Å²) in [5.74, 6) is 1.60. The highest BCUT2D eigenvalue weighted by atomic mass is 16.5. The van der Waals surface area contributed by atoms with Crippen LogP contribution in [0.4, 0.5) is 0 Å². The maximum atomic E-state index is 11.9. The van der Waals surface area contributed by atoms with Gasteiger partial charge in [0.05, 0.1) is 32.4 Å². The van der Waals surface area contributed by atoms with Gasteiger partial charge in [0.2, 0.25) is 0 Å². The zero-order valence-electron chi connectivity index (χ0n) is 16.6. The number of methoxy groups -OCH3 is 2. The van der Waals surface area contributed by atoms with Gasteiger partial charge in [0.25, 0.3) is 0 Å². The Balaban J connectivity index is 2.19. The fourth-order valence-corrected chi connectivity index (χ4v) is 3.40. The number of nitrogens with zero attached hydrogens (tertiary/aromatic N) is 3. The van der Waals surface area contributed by atoms with Crippen molar-refractivity contribution in [3.63, 3.8) is 0 Å². The van der Waals surface area contributed by atoms with Crippen LogP contribution in [0.1, 0.15) is 30.7 Å². The lowest BCUT2D eigenvalue weighted by molar-refractivity contribution is -0.145. The highest BCUT2D eigenvalue weighted by Gasteiger charge is 2.36. The van der Waals surface area contributed by atoms with Gasteiger partial charge in [0, 0.05) is 37.0 Å². The van der Waals surface area contributed by atoms with Gasteiger partial charge in [-0.15, -0.1) is 0 Å². The van der Waals surface area contributed by atoms with E-state index in [0.717, 1.165) is 41.6 Å². The summed E-state index contributed by atoms with van der Waals surface area (Å²) in [4.78, 5) is 23.3. The zero-order valence-corrected chi connectivity index (χ0v) is 16.6. The fourth-order valence-electron chi connectivity index (χ4n) is 3.40. The summed E-state index contributed by atoms with van der Waals surface area (Å²) in [6.07, 6.45) is 1.81. The summed E-state index contributed by atoms with van der Waals surface area (Å²) >= 11 is 0. The minimum atomic E-state index is -0.156. The largest absolute Gasteiger partial charge is 0.496 e. The molecule has 0 aromatic carbocycles. The van der Waals surface area contributed by atoms with Gasteiger partial charge >= 0.3 is 5.97 Å². The first-order valence-corrected chi connectivity index (χ1v) is 9.03. The van der Waals surface area contributed by atoms with Crippen LogP contribution < -0.4 is 10.1 Å². The average molecular weight is 362 g/mol. The molecule has 1 saturated heterocycles. The van der Waals surface area contributed by atoms with Crippen LogP contribution in [-0.4, -0.2) is 55.7 Å². The number of carbonyl (C=O) groups excluding carboxylic acids is 1. The third-order valence-electron chi connectivity index (χ3n) is 4.88. The Kier molecular flexibility index (Phi) is 6.83. The molecule has 0 spiro atoms. The molecule has 1 aliphatic heterocycles. The normalized spacial score (nSPS) is 20.2. The summed E-state index contributed by atoms with van der Waals surface area (Å²) in [7, 11) is 3.11. The van der Waals surface area contributed by atoms with Crippen molar-refractivity contribution in [1.29, 1.82) is 0 Å². The van der Waals surface area contributed by atoms with E-state index in [1.165, 1.54) is 7.11 Å². The number of nitrogens with one attached hydrogen (secondary N) is 1. The minimum absolute atomic E-state index is 0.122. The summed E-state index contributed by atoms with van der Waals surface area (Å²) in [5.41, 5.74) is 2.91. The first-order chi connectivity index (χ1) is 12.4. The molecule has 144 valence electrons. The molecule has 7 nitrogen and oxygen atoms in total. The van der Waals surface area contributed by atoms with Crippen molar-refractivity contribution in [3.8, 4) is 5.75 Å². The van der Waals surface area contributed by atoms with Crippen LogP contribution in [0, 0.1) is 25.7 Å². The van der Waals surface area contributed by atoms with Gasteiger partial charge in [-0.3, -0.25) is 9.78 Å². The maximum absolute atomic E-state index is 11.9. The maximum Gasteiger partial charge on any atom is 0.310 e. The van der Waals surface area contributed by atoms with E-state index >= 15 is 0 Å². The number of ether oxygens (including phenoxy) is 2. The van der Waals surface area contributed by atoms with E-state index in [0.29, 0.717) is 13.1 Å². The number of rotatable bonds is 5. The Hall–Kier alpha value is -2.31. The van der Waals surface area contributed by atoms with E-state index in [2.05, 4.69) is 22.1 Å². The van der Waals surface area contributed by atoms with Crippen molar-refractivity contribution in [2.45, 2.75) is 34.2 Å². The van der Waals surface area contributed by atoms with E-state index in [4.69, 9.17) is 14.5 Å². The van der Waals surface area contributed by atoms with Crippen molar-refractivity contribution in [2.24, 2.45) is 16.8 Å². The van der Waals surface area contributed by atoms with Gasteiger partial charge in [-0.25, -0.2) is 4.99 Å². The van der Waals surface area contributed by atoms with Crippen molar-refractivity contribution in [1.82, 2.24) is 15.2 Å². The first-order valence-electron chi connectivity index (χ1n) is 9.03. The van der Waals surface area contributed by atoms with Gasteiger partial charge in [-0.2, -0.15) is 0 Å². The van der Waals surface area contributed by atoms with Gasteiger partial charge in [-0.05, 0) is 26.7 Å². The van der Waals surface area contributed by atoms with Crippen LogP contribution in [0.5, 0.6) is 5.75 Å². The van der Waals surface area contributed by atoms with Crippen LogP contribution >= 0.6 is 0 Å². The molecule has 1 aromatic rings. The molecule has 2 atom stereocenters. The topological polar surface area (TPSA) is 76.1 Å². The Morgan fingerprint density at radius 2 is 2.12 bits per heavy atom. The van der Waals surface area contributed by atoms with Crippen molar-refractivity contribution in [2.75, 3.05) is 33.9 Å². The highest BCUT2D eigenvalue weighted by Crippen LogP contribution is 2.26. The predicted molar refractivity (Wildman–Crippen MR) is 101 cm³/mol. The second-order valence-electron chi connectivity index (χ2n) is 6.73. The quantitative estimate of drug-likeness (QED) is 0.490. The Labute approximate surface area is 155 Å². The highest BCUT2D eigenvalue weighted by molar-refractivity contribution is 5.82. The molecule has 1 aromatic heterocycles. The van der Waals surface area contributed by atoms with Crippen LogP contribution in [0.3, 0.4) is 0 Å². The van der Waals surface area contributed by atoms with Gasteiger partial charge in [-0.1, -0.05) is 6.92 Å². The number of aliphatic imine (C=N–C) groups is 1. The summed E-state index contributed by atoms with van der Waals surface area (Å²) in [6.45, 7) is 10.7. The van der Waals surface area contributed by atoms with Crippen LogP contribution in [0.25, 0.3) is 0 Å². The summed E-state index contributed by atoms with van der Waals surface area (Å²) in [5, 5.41) is 3.32. The number of likely N-dealkylation sites (tertiary alicyclic amines) is 1. The molecule has 0 amide bonds. The number of aromatic nitrogens is 1. The number of guanidine groups is 1. The molecule has 0 radical (unpaired) electrons. The number of carbonyl (C=O) groups is 1. The summed E-state index contributed by atoms with van der Waals surface area (Å²) < 4.78 is 10.4. The first kappa shape index (κ1) is 20.0. The Morgan fingerprint density at radius 3 is 2.73 bits per heavy atom. The molecule has 2 rings (SSSR count). The molecule has 1 aliphatic rings. The van der Waals surface area contributed by atoms with Gasteiger partial charge in [0.1, 0.15) is 5.75 Å². The molecule has 0 aliphatic carbocycles. The number of hydrogen-bond acceptors (Lipinski definition) is 5.